The number of hydrogen-bond donors (Lipinski definition) is 0. The fourth-order valence-electron chi connectivity index (χ4n) is 8.76. The molecule has 286 valence electrons. The van der Waals surface area contributed by atoms with Crippen LogP contribution in [-0.4, -0.2) is 40.4 Å². The maximum absolute atomic E-state index is 14.8. The molecule has 0 atom stereocenters. The molecule has 0 aromatic heterocycles. The second-order valence-electron chi connectivity index (χ2n) is 16.2. The van der Waals surface area contributed by atoms with Crippen LogP contribution in [0.2, 0.25) is 0 Å². The highest BCUT2D eigenvalue weighted by molar-refractivity contribution is 5.92. The number of hydrogen-bond acceptors (Lipinski definition) is 4. The first-order chi connectivity index (χ1) is 25.3. The van der Waals surface area contributed by atoms with Crippen molar-refractivity contribution < 1.29 is 35.8 Å². The number of halogens is 6. The third-order valence-corrected chi connectivity index (χ3v) is 11.8. The molecule has 7 rings (SSSR count). The summed E-state index contributed by atoms with van der Waals surface area (Å²) in [4.78, 5) is 4.57. The van der Waals surface area contributed by atoms with Crippen molar-refractivity contribution in [3.05, 3.63) is 93.1 Å². The van der Waals surface area contributed by atoms with Gasteiger partial charge < -0.3 is 19.3 Å². The molecule has 4 aliphatic rings. The first-order valence-corrected chi connectivity index (χ1v) is 18.3. The molecule has 4 nitrogen and oxygen atoms in total. The van der Waals surface area contributed by atoms with Gasteiger partial charge in [-0.3, -0.25) is 0 Å². The topological polar surface area (TPSA) is 24.9 Å². The second-order valence-corrected chi connectivity index (χ2v) is 16.2. The third-order valence-electron chi connectivity index (χ3n) is 11.8. The molecule has 0 fully saturated rings. The quantitative estimate of drug-likeness (QED) is 0.185. The normalized spacial score (nSPS) is 19.0. The van der Waals surface area contributed by atoms with E-state index in [2.05, 4.69) is 50.7 Å². The van der Waals surface area contributed by atoms with E-state index < -0.39 is 34.6 Å². The lowest BCUT2D eigenvalue weighted by atomic mass is 9.73. The average molecular weight is 749 g/mol. The van der Waals surface area contributed by atoms with Crippen LogP contribution in [0.15, 0.2) is 37.4 Å². The van der Waals surface area contributed by atoms with Gasteiger partial charge in [-0.25, -0.2) is 0 Å². The van der Waals surface area contributed by atoms with Crippen LogP contribution in [0.25, 0.3) is 35.5 Å². The van der Waals surface area contributed by atoms with Gasteiger partial charge in [-0.1, -0.05) is 65.2 Å². The monoisotopic (exact) mass is 748 g/mol. The van der Waals surface area contributed by atoms with Crippen molar-refractivity contribution in [3.8, 4) is 11.5 Å². The molecule has 10 heteroatoms. The number of rotatable bonds is 6. The zero-order valence-corrected chi connectivity index (χ0v) is 31.7. The summed E-state index contributed by atoms with van der Waals surface area (Å²) in [6, 6.07) is 4.90. The zero-order valence-electron chi connectivity index (χ0n) is 31.7. The van der Waals surface area contributed by atoms with Gasteiger partial charge >= 0.3 is 12.4 Å². The van der Waals surface area contributed by atoms with Crippen molar-refractivity contribution in [1.29, 1.82) is 0 Å². The molecule has 0 amide bonds. The lowest BCUT2D eigenvalue weighted by Crippen LogP contribution is -2.40. The van der Waals surface area contributed by atoms with Crippen LogP contribution in [0.1, 0.15) is 109 Å². The van der Waals surface area contributed by atoms with Crippen LogP contribution in [0.5, 0.6) is 11.5 Å². The molecular weight excluding hydrogens is 702 g/mol. The summed E-state index contributed by atoms with van der Waals surface area (Å²) in [5.74, 6) is 0.930. The van der Waals surface area contributed by atoms with E-state index in [9.17, 15) is 26.3 Å². The van der Waals surface area contributed by atoms with Crippen LogP contribution in [0.4, 0.5) is 37.7 Å². The minimum atomic E-state index is -4.95. The van der Waals surface area contributed by atoms with E-state index in [1.165, 1.54) is 26.4 Å². The van der Waals surface area contributed by atoms with Gasteiger partial charge in [0.25, 0.3) is 0 Å². The molecule has 0 aliphatic carbocycles. The zero-order chi connectivity index (χ0) is 39.1. The van der Waals surface area contributed by atoms with Crippen molar-refractivity contribution in [3.63, 3.8) is 0 Å². The molecule has 3 aromatic carbocycles. The first-order valence-electron chi connectivity index (χ1n) is 18.3. The Morgan fingerprint density at radius 1 is 0.611 bits per heavy atom. The highest BCUT2D eigenvalue weighted by atomic mass is 19.4. The molecule has 54 heavy (non-hydrogen) atoms. The van der Waals surface area contributed by atoms with E-state index >= 15 is 0 Å². The summed E-state index contributed by atoms with van der Waals surface area (Å²) in [6.45, 7) is 20.2. The van der Waals surface area contributed by atoms with Crippen molar-refractivity contribution in [2.45, 2.75) is 76.6 Å². The number of nitrogens with zero attached hydrogens (tertiary/aromatic N) is 2. The number of ether oxygens (including phenoxy) is 2. The number of anilines is 2. The lowest BCUT2D eigenvalue weighted by Gasteiger charge is -2.45. The van der Waals surface area contributed by atoms with Crippen LogP contribution < -0.4 is 19.3 Å². The molecule has 4 aliphatic heterocycles. The Balaban J connectivity index is 1.37. The predicted molar refractivity (Wildman–Crippen MR) is 207 cm³/mol. The fraction of sp³-hybridized carbons (Fsp3) is 0.409. The highest BCUT2D eigenvalue weighted by Gasteiger charge is 2.41. The summed E-state index contributed by atoms with van der Waals surface area (Å²) < 4.78 is 101. The molecule has 4 heterocycles. The Labute approximate surface area is 313 Å². The largest absolute Gasteiger partial charge is 0.496 e. The minimum Gasteiger partial charge on any atom is -0.496 e. The van der Waals surface area contributed by atoms with Gasteiger partial charge in [0.1, 0.15) is 11.5 Å². The third kappa shape index (κ3) is 6.29. The van der Waals surface area contributed by atoms with Gasteiger partial charge in [0.2, 0.25) is 0 Å². The average Bonchev–Trinajstić information content (AvgIpc) is 3.10. The van der Waals surface area contributed by atoms with E-state index in [0.29, 0.717) is 41.2 Å². The smallest absolute Gasteiger partial charge is 0.417 e. The molecule has 0 saturated carbocycles. The van der Waals surface area contributed by atoms with Gasteiger partial charge in [0.05, 0.1) is 36.7 Å². The SMILES string of the molecule is C=C1CCN2CCC(C)(C)c3c(OC)c(C=Cc4cc(C(F)(F)F)c(C=Cc5cc6c7c(c5OC)C(=C)CCN7CCC6(C)C)cc4C(F)(F)F)cc1c32. The van der Waals surface area contributed by atoms with Crippen molar-refractivity contribution in [2.75, 3.05) is 50.2 Å². The fourth-order valence-corrected chi connectivity index (χ4v) is 8.76. The van der Waals surface area contributed by atoms with E-state index in [1.54, 1.807) is 0 Å². The first kappa shape index (κ1) is 37.7. The molecule has 0 N–H and O–H groups in total. The van der Waals surface area contributed by atoms with Gasteiger partial charge in [-0.05, 0) is 88.6 Å². The van der Waals surface area contributed by atoms with E-state index in [0.717, 1.165) is 102 Å². The molecule has 0 spiro atoms. The Hall–Kier alpha value is -4.60. The number of alkyl halides is 6. The molecule has 0 saturated heterocycles. The molecule has 3 aromatic rings. The summed E-state index contributed by atoms with van der Waals surface area (Å²) in [5, 5.41) is 0. The highest BCUT2D eigenvalue weighted by Crippen LogP contribution is 2.53. The Morgan fingerprint density at radius 3 is 1.63 bits per heavy atom. The van der Waals surface area contributed by atoms with E-state index in [1.807, 2.05) is 12.1 Å². The van der Waals surface area contributed by atoms with Crippen molar-refractivity contribution >= 4 is 46.8 Å². The molecule has 0 unspecified atom stereocenters. The summed E-state index contributed by atoms with van der Waals surface area (Å²) in [5.41, 5.74) is 4.18. The maximum Gasteiger partial charge on any atom is 0.417 e. The molecule has 0 bridgehead atoms. The van der Waals surface area contributed by atoms with Gasteiger partial charge in [0, 0.05) is 54.0 Å². The Kier molecular flexibility index (Phi) is 9.09. The molecule has 0 radical (unpaired) electrons. The van der Waals surface area contributed by atoms with Crippen LogP contribution >= 0.6 is 0 Å². The van der Waals surface area contributed by atoms with E-state index in [4.69, 9.17) is 9.47 Å². The molecular formula is C44H46F6N2O2. The van der Waals surface area contributed by atoms with E-state index in [-0.39, 0.29) is 10.8 Å². The van der Waals surface area contributed by atoms with Crippen LogP contribution in [-0.2, 0) is 23.2 Å². The second kappa shape index (κ2) is 13.0. The summed E-state index contributed by atoms with van der Waals surface area (Å²) >= 11 is 0. The van der Waals surface area contributed by atoms with Crippen molar-refractivity contribution in [1.82, 2.24) is 0 Å². The van der Waals surface area contributed by atoms with Crippen molar-refractivity contribution in [2.24, 2.45) is 0 Å². The van der Waals surface area contributed by atoms with Gasteiger partial charge in [-0.15, -0.1) is 0 Å². The van der Waals surface area contributed by atoms with Crippen LogP contribution in [0, 0.1) is 0 Å². The Bertz CT molecular complexity index is 2080. The summed E-state index contributed by atoms with van der Waals surface area (Å²) in [6.07, 6.45) is -1.70. The minimum absolute atomic E-state index is 0.248. The van der Waals surface area contributed by atoms with Gasteiger partial charge in [-0.2, -0.15) is 26.3 Å². The lowest BCUT2D eigenvalue weighted by molar-refractivity contribution is -0.141. The summed E-state index contributed by atoms with van der Waals surface area (Å²) in [7, 11) is 2.99. The Morgan fingerprint density at radius 2 is 1.09 bits per heavy atom. The number of benzene rings is 3. The van der Waals surface area contributed by atoms with Crippen LogP contribution in [0.3, 0.4) is 0 Å². The predicted octanol–water partition coefficient (Wildman–Crippen LogP) is 11.9. The van der Waals surface area contributed by atoms with Gasteiger partial charge in [0.15, 0.2) is 0 Å². The standard InChI is InChI=1S/C44H46F6N2O2/c1-25-13-17-51-20-16-42(5,6)36-37(51)31(25)21-29(40(36)54-8)11-9-27-22-33(44(48,49)50)28(23-32(27)43(45,46)47)10-12-30-24-34-38-35(39(30)53-7)26(2)14-18-52(38)19-15-41(34,3)4/h9-12,21-24H,1-2,13-20H2,3-8H3. The maximum atomic E-state index is 14.8. The number of methoxy groups -OCH3 is 2.